The Balaban J connectivity index is 1.60. The zero-order valence-corrected chi connectivity index (χ0v) is 14.5. The third-order valence-electron chi connectivity index (χ3n) is 4.73. The van der Waals surface area contributed by atoms with Gasteiger partial charge in [0.2, 0.25) is 0 Å². The zero-order chi connectivity index (χ0) is 18.1. The number of hydrogen-bond acceptors (Lipinski definition) is 2. The largest absolute Gasteiger partial charge is 0.345 e. The van der Waals surface area contributed by atoms with Crippen molar-refractivity contribution in [3.63, 3.8) is 0 Å². The average Bonchev–Trinajstić information content (AvgIpc) is 3.40. The molecule has 0 spiro atoms. The highest BCUT2D eigenvalue weighted by Gasteiger charge is 2.33. The van der Waals surface area contributed by atoms with Gasteiger partial charge in [-0.05, 0) is 49.6 Å². The van der Waals surface area contributed by atoms with Crippen LogP contribution in [0.1, 0.15) is 53.3 Å². The van der Waals surface area contributed by atoms with Crippen molar-refractivity contribution < 1.29 is 9.18 Å². The second-order valence-corrected chi connectivity index (χ2v) is 6.71. The van der Waals surface area contributed by atoms with Gasteiger partial charge in [-0.25, -0.2) is 9.07 Å². The number of carbonyl (C=O) groups is 1. The van der Waals surface area contributed by atoms with E-state index in [1.165, 1.54) is 12.1 Å². The summed E-state index contributed by atoms with van der Waals surface area (Å²) in [5.41, 5.74) is 3.41. The van der Waals surface area contributed by atoms with Crippen molar-refractivity contribution in [2.24, 2.45) is 0 Å². The van der Waals surface area contributed by atoms with Crippen molar-refractivity contribution >= 4 is 5.91 Å². The summed E-state index contributed by atoms with van der Waals surface area (Å²) in [6, 6.07) is 15.8. The number of aromatic nitrogens is 2. The molecule has 1 aliphatic carbocycles. The predicted octanol–water partition coefficient (Wildman–Crippen LogP) is 4.38. The number of para-hydroxylation sites is 1. The van der Waals surface area contributed by atoms with Crippen LogP contribution in [0.2, 0.25) is 0 Å². The first-order valence-electron chi connectivity index (χ1n) is 8.83. The minimum atomic E-state index is -0.285. The molecule has 1 saturated carbocycles. The van der Waals surface area contributed by atoms with Gasteiger partial charge in [0.1, 0.15) is 5.82 Å². The fraction of sp³-hybridized carbons (Fsp3) is 0.238. The molecule has 4 nitrogen and oxygen atoms in total. The summed E-state index contributed by atoms with van der Waals surface area (Å²) >= 11 is 0. The quantitative estimate of drug-likeness (QED) is 0.743. The summed E-state index contributed by atoms with van der Waals surface area (Å²) in [6.45, 7) is 1.89. The lowest BCUT2D eigenvalue weighted by Gasteiger charge is -2.15. The molecule has 132 valence electrons. The molecule has 2 aromatic carbocycles. The second-order valence-electron chi connectivity index (χ2n) is 6.71. The van der Waals surface area contributed by atoms with E-state index >= 15 is 0 Å². The first-order valence-corrected chi connectivity index (χ1v) is 8.83. The Morgan fingerprint density at radius 2 is 1.85 bits per heavy atom. The molecule has 0 bridgehead atoms. The Hall–Kier alpha value is -2.95. The van der Waals surface area contributed by atoms with Gasteiger partial charge in [-0.3, -0.25) is 4.79 Å². The zero-order valence-electron chi connectivity index (χ0n) is 14.5. The molecule has 1 unspecified atom stereocenters. The van der Waals surface area contributed by atoms with Crippen LogP contribution in [0.15, 0.2) is 60.8 Å². The number of nitrogens with zero attached hydrogens (tertiary/aromatic N) is 2. The summed E-state index contributed by atoms with van der Waals surface area (Å²) in [4.78, 5) is 12.9. The number of nitrogens with one attached hydrogen (secondary N) is 1. The first kappa shape index (κ1) is 16.5. The normalized spacial score (nSPS) is 14.8. The van der Waals surface area contributed by atoms with Crippen LogP contribution in [0.3, 0.4) is 0 Å². The van der Waals surface area contributed by atoms with E-state index in [4.69, 9.17) is 0 Å². The van der Waals surface area contributed by atoms with Crippen molar-refractivity contribution in [1.29, 1.82) is 0 Å². The molecular formula is C21H20FN3O. The number of halogens is 1. The molecule has 1 aliphatic rings. The Bertz CT molecular complexity index is 914. The molecule has 1 heterocycles. The SMILES string of the molecule is CC(NC(=O)c1cnn(-c2ccccc2)c1C1CC1)c1ccc(F)cc1. The Labute approximate surface area is 151 Å². The van der Waals surface area contributed by atoms with Crippen LogP contribution in [0, 0.1) is 5.82 Å². The summed E-state index contributed by atoms with van der Waals surface area (Å²) in [5, 5.41) is 7.47. The Morgan fingerprint density at radius 3 is 2.50 bits per heavy atom. The molecular weight excluding hydrogens is 329 g/mol. The molecule has 0 saturated heterocycles. The number of rotatable bonds is 5. The van der Waals surface area contributed by atoms with E-state index in [0.717, 1.165) is 29.8 Å². The standard InChI is InChI=1S/C21H20FN3O/c1-14(15-9-11-17(22)12-10-15)24-21(26)19-13-23-25(20(19)16-7-8-16)18-5-3-2-4-6-18/h2-6,9-14,16H,7-8H2,1H3,(H,24,26). The molecule has 1 atom stereocenters. The van der Waals surface area contributed by atoms with Gasteiger partial charge in [0.15, 0.2) is 0 Å². The van der Waals surface area contributed by atoms with E-state index in [0.29, 0.717) is 11.5 Å². The smallest absolute Gasteiger partial charge is 0.255 e. The van der Waals surface area contributed by atoms with Crippen molar-refractivity contribution in [3.8, 4) is 5.69 Å². The maximum absolute atomic E-state index is 13.1. The van der Waals surface area contributed by atoms with Gasteiger partial charge >= 0.3 is 0 Å². The summed E-state index contributed by atoms with van der Waals surface area (Å²) in [5.74, 6) is -0.0575. The molecule has 1 N–H and O–H groups in total. The fourth-order valence-electron chi connectivity index (χ4n) is 3.17. The second kappa shape index (κ2) is 6.75. The Kier molecular flexibility index (Phi) is 4.29. The highest BCUT2D eigenvalue weighted by Crippen LogP contribution is 2.42. The number of benzene rings is 2. The molecule has 1 fully saturated rings. The first-order chi connectivity index (χ1) is 12.6. The van der Waals surface area contributed by atoms with Gasteiger partial charge in [0, 0.05) is 5.92 Å². The molecule has 5 heteroatoms. The van der Waals surface area contributed by atoms with Gasteiger partial charge in [0.05, 0.1) is 29.2 Å². The van der Waals surface area contributed by atoms with Crippen molar-refractivity contribution in [3.05, 3.63) is 83.4 Å². The predicted molar refractivity (Wildman–Crippen MR) is 97.8 cm³/mol. The van der Waals surface area contributed by atoms with Crippen molar-refractivity contribution in [1.82, 2.24) is 15.1 Å². The van der Waals surface area contributed by atoms with Crippen LogP contribution in [-0.2, 0) is 0 Å². The maximum Gasteiger partial charge on any atom is 0.255 e. The Morgan fingerprint density at radius 1 is 1.15 bits per heavy atom. The summed E-state index contributed by atoms with van der Waals surface area (Å²) in [7, 11) is 0. The summed E-state index contributed by atoms with van der Waals surface area (Å²) in [6.07, 6.45) is 3.80. The average molecular weight is 349 g/mol. The van der Waals surface area contributed by atoms with E-state index in [2.05, 4.69) is 10.4 Å². The number of carbonyl (C=O) groups excluding carboxylic acids is 1. The third-order valence-corrected chi connectivity index (χ3v) is 4.73. The van der Waals surface area contributed by atoms with Crippen LogP contribution in [0.5, 0.6) is 0 Å². The van der Waals surface area contributed by atoms with Gasteiger partial charge in [0.25, 0.3) is 5.91 Å². The van der Waals surface area contributed by atoms with Crippen LogP contribution in [-0.4, -0.2) is 15.7 Å². The molecule has 0 radical (unpaired) electrons. The van der Waals surface area contributed by atoms with E-state index in [9.17, 15) is 9.18 Å². The van der Waals surface area contributed by atoms with E-state index in [-0.39, 0.29) is 17.8 Å². The monoisotopic (exact) mass is 349 g/mol. The number of hydrogen-bond donors (Lipinski definition) is 1. The third kappa shape index (κ3) is 3.25. The van der Waals surface area contributed by atoms with E-state index in [1.54, 1.807) is 18.3 Å². The van der Waals surface area contributed by atoms with E-state index in [1.807, 2.05) is 41.9 Å². The molecule has 4 rings (SSSR count). The van der Waals surface area contributed by atoms with Gasteiger partial charge in [-0.2, -0.15) is 5.10 Å². The minimum absolute atomic E-state index is 0.147. The minimum Gasteiger partial charge on any atom is -0.345 e. The molecule has 1 amide bonds. The van der Waals surface area contributed by atoms with Crippen molar-refractivity contribution in [2.45, 2.75) is 31.7 Å². The van der Waals surface area contributed by atoms with E-state index < -0.39 is 0 Å². The fourth-order valence-corrected chi connectivity index (χ4v) is 3.17. The lowest BCUT2D eigenvalue weighted by Crippen LogP contribution is -2.27. The lowest BCUT2D eigenvalue weighted by atomic mass is 10.1. The van der Waals surface area contributed by atoms with Crippen LogP contribution in [0.4, 0.5) is 4.39 Å². The molecule has 1 aromatic heterocycles. The molecule has 26 heavy (non-hydrogen) atoms. The maximum atomic E-state index is 13.1. The molecule has 3 aromatic rings. The highest BCUT2D eigenvalue weighted by atomic mass is 19.1. The van der Waals surface area contributed by atoms with Gasteiger partial charge in [-0.1, -0.05) is 30.3 Å². The van der Waals surface area contributed by atoms with Gasteiger partial charge in [-0.15, -0.1) is 0 Å². The van der Waals surface area contributed by atoms with Gasteiger partial charge < -0.3 is 5.32 Å². The van der Waals surface area contributed by atoms with Crippen LogP contribution < -0.4 is 5.32 Å². The topological polar surface area (TPSA) is 46.9 Å². The summed E-state index contributed by atoms with van der Waals surface area (Å²) < 4.78 is 15.0. The van der Waals surface area contributed by atoms with Crippen LogP contribution in [0.25, 0.3) is 5.69 Å². The van der Waals surface area contributed by atoms with Crippen LogP contribution >= 0.6 is 0 Å². The highest BCUT2D eigenvalue weighted by molar-refractivity contribution is 5.95. The lowest BCUT2D eigenvalue weighted by molar-refractivity contribution is 0.0939. The van der Waals surface area contributed by atoms with Crippen molar-refractivity contribution in [2.75, 3.05) is 0 Å². The molecule has 0 aliphatic heterocycles. The number of amides is 1.